The van der Waals surface area contributed by atoms with Gasteiger partial charge in [-0.15, -0.1) is 0 Å². The van der Waals surface area contributed by atoms with Crippen molar-refractivity contribution in [1.29, 1.82) is 0 Å². The van der Waals surface area contributed by atoms with Gasteiger partial charge in [0.2, 0.25) is 0 Å². The molecule has 6 heteroatoms. The van der Waals surface area contributed by atoms with Crippen molar-refractivity contribution in [2.24, 2.45) is 0 Å². The van der Waals surface area contributed by atoms with Crippen molar-refractivity contribution < 1.29 is 14.6 Å². The van der Waals surface area contributed by atoms with E-state index in [1.54, 1.807) is 4.90 Å². The smallest absolute Gasteiger partial charge is 0.258 e. The van der Waals surface area contributed by atoms with Crippen molar-refractivity contribution >= 4 is 23.2 Å². The lowest BCUT2D eigenvalue weighted by Crippen LogP contribution is -2.43. The first kappa shape index (κ1) is 23.2. The van der Waals surface area contributed by atoms with E-state index >= 15 is 0 Å². The van der Waals surface area contributed by atoms with E-state index < -0.39 is 0 Å². The lowest BCUT2D eigenvalue weighted by Gasteiger charge is -2.36. The molecule has 2 bridgehead atoms. The van der Waals surface area contributed by atoms with Gasteiger partial charge in [-0.05, 0) is 87.5 Å². The Labute approximate surface area is 206 Å². The minimum atomic E-state index is -0.0160. The summed E-state index contributed by atoms with van der Waals surface area (Å²) in [7, 11) is 2.22. The standard InChI is InChI=1S/C28H31ClN2O3/c1-30-21-7-8-22(30)17-24(16-21)34-27-11-9-23(18-26(27)29)31-13-12-20-15-19(5-3-2-4-14-32)6-10-25(20)28(31)33/h6,9-11,15,18,21-22,24,32H,2,4,7-8,12-14,16-17H2,1H3/t21-,22+,24+. The Morgan fingerprint density at radius 2 is 1.94 bits per heavy atom. The van der Waals surface area contributed by atoms with E-state index in [0.29, 0.717) is 47.8 Å². The number of fused-ring (bicyclic) bond motifs is 3. The summed E-state index contributed by atoms with van der Waals surface area (Å²) < 4.78 is 6.31. The molecule has 1 N–H and O–H groups in total. The van der Waals surface area contributed by atoms with E-state index in [4.69, 9.17) is 21.4 Å². The molecule has 2 aromatic carbocycles. The second kappa shape index (κ2) is 10.00. The van der Waals surface area contributed by atoms with E-state index in [-0.39, 0.29) is 18.6 Å². The first-order valence-electron chi connectivity index (χ1n) is 12.3. The van der Waals surface area contributed by atoms with Gasteiger partial charge in [0.25, 0.3) is 5.91 Å². The number of carbonyl (C=O) groups is 1. The van der Waals surface area contributed by atoms with Crippen LogP contribution in [0.1, 0.15) is 60.0 Å². The number of rotatable bonds is 5. The molecule has 5 rings (SSSR count). The van der Waals surface area contributed by atoms with Crippen molar-refractivity contribution in [2.75, 3.05) is 25.1 Å². The predicted octanol–water partition coefficient (Wildman–Crippen LogP) is 4.67. The van der Waals surface area contributed by atoms with Crippen LogP contribution in [0.5, 0.6) is 5.75 Å². The second-order valence-corrected chi connectivity index (χ2v) is 9.99. The molecule has 0 aromatic heterocycles. The van der Waals surface area contributed by atoms with Gasteiger partial charge >= 0.3 is 0 Å². The van der Waals surface area contributed by atoms with E-state index in [9.17, 15) is 4.79 Å². The lowest BCUT2D eigenvalue weighted by atomic mass is 9.96. The van der Waals surface area contributed by atoms with Crippen molar-refractivity contribution in [3.05, 3.63) is 58.1 Å². The maximum atomic E-state index is 13.2. The fourth-order valence-corrected chi connectivity index (χ4v) is 5.75. The number of hydrogen-bond acceptors (Lipinski definition) is 4. The first-order valence-corrected chi connectivity index (χ1v) is 12.6. The van der Waals surface area contributed by atoms with Crippen molar-refractivity contribution in [2.45, 2.75) is 63.1 Å². The van der Waals surface area contributed by atoms with Crippen LogP contribution in [0.3, 0.4) is 0 Å². The average Bonchev–Trinajstić information content (AvgIpc) is 3.03. The minimum Gasteiger partial charge on any atom is -0.489 e. The number of carbonyl (C=O) groups excluding carboxylic acids is 1. The van der Waals surface area contributed by atoms with Gasteiger partial charge in [-0.2, -0.15) is 0 Å². The Morgan fingerprint density at radius 3 is 2.68 bits per heavy atom. The van der Waals surface area contributed by atoms with Crippen LogP contribution in [-0.4, -0.2) is 54.3 Å². The largest absolute Gasteiger partial charge is 0.489 e. The van der Waals surface area contributed by atoms with Gasteiger partial charge < -0.3 is 19.6 Å². The van der Waals surface area contributed by atoms with Crippen molar-refractivity contribution in [3.8, 4) is 17.6 Å². The minimum absolute atomic E-state index is 0.0160. The third-order valence-electron chi connectivity index (χ3n) is 7.45. The maximum Gasteiger partial charge on any atom is 0.258 e. The summed E-state index contributed by atoms with van der Waals surface area (Å²) in [6, 6.07) is 12.7. The Kier molecular flexibility index (Phi) is 6.83. The molecule has 3 atom stereocenters. The molecule has 3 heterocycles. The predicted molar refractivity (Wildman–Crippen MR) is 135 cm³/mol. The van der Waals surface area contributed by atoms with Gasteiger partial charge in [0.15, 0.2) is 0 Å². The van der Waals surface area contributed by atoms with Gasteiger partial charge in [-0.1, -0.05) is 23.4 Å². The molecule has 1 amide bonds. The quantitative estimate of drug-likeness (QED) is 0.501. The normalized spacial score (nSPS) is 23.9. The third-order valence-corrected chi connectivity index (χ3v) is 7.75. The number of anilines is 1. The molecule has 2 saturated heterocycles. The molecule has 0 saturated carbocycles. The summed E-state index contributed by atoms with van der Waals surface area (Å²) in [4.78, 5) is 17.5. The number of unbranched alkanes of at least 4 members (excludes halogenated alkanes) is 1. The van der Waals surface area contributed by atoms with Crippen LogP contribution in [0.4, 0.5) is 5.69 Å². The molecule has 2 fully saturated rings. The molecule has 0 unspecified atom stereocenters. The zero-order chi connectivity index (χ0) is 23.7. The number of hydrogen-bond donors (Lipinski definition) is 1. The number of ether oxygens (including phenoxy) is 1. The number of piperidine rings is 1. The number of benzene rings is 2. The molecule has 3 aliphatic heterocycles. The summed E-state index contributed by atoms with van der Waals surface area (Å²) in [5.41, 5.74) is 3.44. The first-order chi connectivity index (χ1) is 16.5. The molecule has 3 aliphatic rings. The zero-order valence-electron chi connectivity index (χ0n) is 19.6. The third kappa shape index (κ3) is 4.68. The van der Waals surface area contributed by atoms with Crippen LogP contribution >= 0.6 is 11.6 Å². The molecule has 5 nitrogen and oxygen atoms in total. The van der Waals surface area contributed by atoms with Crippen LogP contribution in [0, 0.1) is 11.8 Å². The summed E-state index contributed by atoms with van der Waals surface area (Å²) in [6.07, 6.45) is 6.90. The molecule has 2 aromatic rings. The summed E-state index contributed by atoms with van der Waals surface area (Å²) >= 11 is 6.62. The van der Waals surface area contributed by atoms with Gasteiger partial charge in [0, 0.05) is 48.5 Å². The van der Waals surface area contributed by atoms with Crippen molar-refractivity contribution in [1.82, 2.24) is 4.90 Å². The Hall–Kier alpha value is -2.52. The Balaban J connectivity index is 1.27. The topological polar surface area (TPSA) is 53.0 Å². The monoisotopic (exact) mass is 478 g/mol. The molecule has 34 heavy (non-hydrogen) atoms. The number of nitrogens with zero attached hydrogens (tertiary/aromatic N) is 2. The van der Waals surface area contributed by atoms with Crippen LogP contribution in [0.25, 0.3) is 0 Å². The summed E-state index contributed by atoms with van der Waals surface area (Å²) in [5.74, 6) is 6.88. The van der Waals surface area contributed by atoms with E-state index in [1.807, 2.05) is 36.4 Å². The summed E-state index contributed by atoms with van der Waals surface area (Å²) in [5, 5.41) is 9.43. The molecule has 0 radical (unpaired) electrons. The van der Waals surface area contributed by atoms with Gasteiger partial charge in [0.05, 0.1) is 5.02 Å². The van der Waals surface area contributed by atoms with E-state index in [1.165, 1.54) is 12.8 Å². The molecule has 0 spiro atoms. The molecule has 178 valence electrons. The molecular weight excluding hydrogens is 448 g/mol. The van der Waals surface area contributed by atoms with E-state index in [0.717, 1.165) is 36.1 Å². The fourth-order valence-electron chi connectivity index (χ4n) is 5.54. The Morgan fingerprint density at radius 1 is 1.15 bits per heavy atom. The SMILES string of the molecule is CN1[C@@H]2CC[C@H]1C[C@@H](Oc1ccc(N3CCc4cc(C#CCCCO)ccc4C3=O)cc1Cl)C2. The van der Waals surface area contributed by atoms with Gasteiger partial charge in [0.1, 0.15) is 11.9 Å². The number of amides is 1. The van der Waals surface area contributed by atoms with Crippen LogP contribution in [-0.2, 0) is 6.42 Å². The van der Waals surface area contributed by atoms with Crippen LogP contribution in [0.15, 0.2) is 36.4 Å². The highest BCUT2D eigenvalue weighted by molar-refractivity contribution is 6.32. The highest BCUT2D eigenvalue weighted by Gasteiger charge is 2.39. The van der Waals surface area contributed by atoms with Crippen LogP contribution in [0.2, 0.25) is 5.02 Å². The van der Waals surface area contributed by atoms with Gasteiger partial charge in [-0.3, -0.25) is 4.79 Å². The maximum absolute atomic E-state index is 13.2. The zero-order valence-corrected chi connectivity index (χ0v) is 20.4. The van der Waals surface area contributed by atoms with Crippen molar-refractivity contribution in [3.63, 3.8) is 0 Å². The molecular formula is C28H31ClN2O3. The fraction of sp³-hybridized carbons (Fsp3) is 0.464. The highest BCUT2D eigenvalue weighted by atomic mass is 35.5. The average molecular weight is 479 g/mol. The van der Waals surface area contributed by atoms with Gasteiger partial charge in [-0.25, -0.2) is 0 Å². The second-order valence-electron chi connectivity index (χ2n) is 9.58. The number of aliphatic hydroxyl groups excluding tert-OH is 1. The number of halogens is 1. The summed E-state index contributed by atoms with van der Waals surface area (Å²) in [6.45, 7) is 0.752. The number of aliphatic hydroxyl groups is 1. The lowest BCUT2D eigenvalue weighted by molar-refractivity contribution is 0.0662. The van der Waals surface area contributed by atoms with E-state index in [2.05, 4.69) is 23.8 Å². The van der Waals surface area contributed by atoms with Crippen LogP contribution < -0.4 is 9.64 Å². The Bertz CT molecular complexity index is 1120. The molecule has 0 aliphatic carbocycles. The highest BCUT2D eigenvalue weighted by Crippen LogP contribution is 2.38.